The van der Waals surface area contributed by atoms with Crippen LogP contribution < -0.4 is 20.1 Å². The maximum Gasteiger partial charge on any atom is 0.262 e. The van der Waals surface area contributed by atoms with Crippen molar-refractivity contribution >= 4 is 23.2 Å². The molecule has 0 aliphatic heterocycles. The number of methoxy groups -OCH3 is 1. The molecular formula is C23H22N2O4. The molecule has 0 atom stereocenters. The van der Waals surface area contributed by atoms with Gasteiger partial charge < -0.3 is 20.1 Å². The summed E-state index contributed by atoms with van der Waals surface area (Å²) < 4.78 is 10.6. The predicted molar refractivity (Wildman–Crippen MR) is 113 cm³/mol. The molecule has 0 saturated heterocycles. The molecule has 2 N–H and O–H groups in total. The van der Waals surface area contributed by atoms with Gasteiger partial charge in [-0.25, -0.2) is 0 Å². The molecule has 148 valence electrons. The second-order valence-electron chi connectivity index (χ2n) is 6.38. The number of rotatable bonds is 7. The first kappa shape index (κ1) is 19.9. The molecular weight excluding hydrogens is 368 g/mol. The molecule has 0 spiro atoms. The van der Waals surface area contributed by atoms with E-state index in [1.54, 1.807) is 55.6 Å². The minimum Gasteiger partial charge on any atom is -0.497 e. The third-order valence-corrected chi connectivity index (χ3v) is 4.15. The van der Waals surface area contributed by atoms with Crippen LogP contribution in [0.4, 0.5) is 11.4 Å². The molecule has 0 fully saturated rings. The molecule has 3 rings (SSSR count). The van der Waals surface area contributed by atoms with Gasteiger partial charge in [0.05, 0.1) is 18.4 Å². The van der Waals surface area contributed by atoms with Crippen LogP contribution in [0.15, 0.2) is 72.8 Å². The Morgan fingerprint density at radius 1 is 0.862 bits per heavy atom. The molecule has 3 aromatic carbocycles. The lowest BCUT2D eigenvalue weighted by atomic mass is 10.1. The van der Waals surface area contributed by atoms with Crippen molar-refractivity contribution in [3.8, 4) is 11.5 Å². The lowest BCUT2D eigenvalue weighted by Crippen LogP contribution is -2.22. The van der Waals surface area contributed by atoms with E-state index in [0.29, 0.717) is 28.4 Å². The van der Waals surface area contributed by atoms with Crippen molar-refractivity contribution in [2.24, 2.45) is 0 Å². The number of para-hydroxylation sites is 1. The molecule has 6 nitrogen and oxygen atoms in total. The van der Waals surface area contributed by atoms with E-state index < -0.39 is 0 Å². The summed E-state index contributed by atoms with van der Waals surface area (Å²) in [7, 11) is 1.58. The Bertz CT molecular complexity index is 1000. The van der Waals surface area contributed by atoms with Crippen LogP contribution in [0, 0.1) is 6.92 Å². The third kappa shape index (κ3) is 5.59. The quantitative estimate of drug-likeness (QED) is 0.632. The van der Waals surface area contributed by atoms with Crippen LogP contribution in [0.25, 0.3) is 0 Å². The molecule has 0 aromatic heterocycles. The Kier molecular flexibility index (Phi) is 6.47. The van der Waals surface area contributed by atoms with Gasteiger partial charge in [-0.2, -0.15) is 0 Å². The summed E-state index contributed by atoms with van der Waals surface area (Å²) in [6.45, 7) is 1.77. The molecule has 0 heterocycles. The van der Waals surface area contributed by atoms with E-state index in [2.05, 4.69) is 10.6 Å². The second-order valence-corrected chi connectivity index (χ2v) is 6.38. The predicted octanol–water partition coefficient (Wildman–Crippen LogP) is 4.27. The molecule has 0 saturated carbocycles. The minimum absolute atomic E-state index is 0.180. The fraction of sp³-hybridized carbons (Fsp3) is 0.130. The summed E-state index contributed by atoms with van der Waals surface area (Å²) in [5.74, 6) is 0.584. The molecule has 0 radical (unpaired) electrons. The summed E-state index contributed by atoms with van der Waals surface area (Å²) in [6.07, 6.45) is 0. The first-order valence-corrected chi connectivity index (χ1v) is 9.09. The van der Waals surface area contributed by atoms with Crippen LogP contribution in [0.1, 0.15) is 15.9 Å². The molecule has 3 aromatic rings. The van der Waals surface area contributed by atoms with E-state index >= 15 is 0 Å². The van der Waals surface area contributed by atoms with Gasteiger partial charge in [-0.1, -0.05) is 24.3 Å². The van der Waals surface area contributed by atoms with E-state index in [-0.39, 0.29) is 18.4 Å². The zero-order valence-electron chi connectivity index (χ0n) is 16.3. The smallest absolute Gasteiger partial charge is 0.262 e. The third-order valence-electron chi connectivity index (χ3n) is 4.15. The highest BCUT2D eigenvalue weighted by Gasteiger charge is 2.14. The number of anilines is 2. The number of benzene rings is 3. The second kappa shape index (κ2) is 9.41. The van der Waals surface area contributed by atoms with Crippen LogP contribution in [-0.4, -0.2) is 25.5 Å². The average molecular weight is 390 g/mol. The maximum atomic E-state index is 12.7. The van der Waals surface area contributed by atoms with E-state index in [9.17, 15) is 9.59 Å². The summed E-state index contributed by atoms with van der Waals surface area (Å²) >= 11 is 0. The number of amides is 2. The number of carbonyl (C=O) groups is 2. The fourth-order valence-corrected chi connectivity index (χ4v) is 2.72. The van der Waals surface area contributed by atoms with E-state index in [1.165, 1.54) is 0 Å². The van der Waals surface area contributed by atoms with Gasteiger partial charge in [-0.05, 0) is 61.0 Å². The number of carbonyl (C=O) groups excluding carboxylic acids is 2. The van der Waals surface area contributed by atoms with Crippen molar-refractivity contribution in [3.63, 3.8) is 0 Å². The lowest BCUT2D eigenvalue weighted by molar-refractivity contribution is -0.118. The highest BCUT2D eigenvalue weighted by atomic mass is 16.5. The van der Waals surface area contributed by atoms with Crippen molar-refractivity contribution in [2.45, 2.75) is 6.92 Å². The number of nitrogens with one attached hydrogen (secondary N) is 2. The van der Waals surface area contributed by atoms with Crippen LogP contribution in [-0.2, 0) is 4.79 Å². The first-order chi connectivity index (χ1) is 14.0. The van der Waals surface area contributed by atoms with Crippen molar-refractivity contribution in [3.05, 3.63) is 83.9 Å². The fourth-order valence-electron chi connectivity index (χ4n) is 2.72. The number of hydrogen-bond donors (Lipinski definition) is 2. The molecule has 29 heavy (non-hydrogen) atoms. The van der Waals surface area contributed by atoms with Gasteiger partial charge in [0.15, 0.2) is 6.61 Å². The Morgan fingerprint density at radius 3 is 2.31 bits per heavy atom. The normalized spacial score (nSPS) is 10.1. The molecule has 0 bridgehead atoms. The van der Waals surface area contributed by atoms with Crippen LogP contribution in [0.5, 0.6) is 11.5 Å². The van der Waals surface area contributed by atoms with Gasteiger partial charge in [-0.15, -0.1) is 0 Å². The molecule has 2 amide bonds. The zero-order valence-corrected chi connectivity index (χ0v) is 16.3. The van der Waals surface area contributed by atoms with Gasteiger partial charge >= 0.3 is 0 Å². The summed E-state index contributed by atoms with van der Waals surface area (Å²) in [5.41, 5.74) is 2.52. The Hall–Kier alpha value is -3.80. The van der Waals surface area contributed by atoms with Crippen molar-refractivity contribution in [2.75, 3.05) is 24.4 Å². The molecule has 0 aliphatic rings. The standard InChI is InChI=1S/C23H22N2O4/c1-16-6-5-7-17(14-16)24-23(27)20-8-3-4-9-21(20)25-22(26)15-29-19-12-10-18(28-2)11-13-19/h3-14H,15H2,1-2H3,(H,24,27)(H,25,26). The van der Waals surface area contributed by atoms with E-state index in [1.807, 2.05) is 31.2 Å². The number of ether oxygens (including phenoxy) is 2. The minimum atomic E-state index is -0.364. The van der Waals surface area contributed by atoms with Crippen molar-refractivity contribution in [1.82, 2.24) is 0 Å². The van der Waals surface area contributed by atoms with Crippen LogP contribution in [0.2, 0.25) is 0 Å². The largest absolute Gasteiger partial charge is 0.497 e. The Morgan fingerprint density at radius 2 is 1.59 bits per heavy atom. The van der Waals surface area contributed by atoms with Gasteiger partial charge in [0.2, 0.25) is 0 Å². The number of aryl methyl sites for hydroxylation is 1. The summed E-state index contributed by atoms with van der Waals surface area (Å²) in [6, 6.07) is 21.3. The SMILES string of the molecule is COc1ccc(OCC(=O)Nc2ccccc2C(=O)Nc2cccc(C)c2)cc1. The molecule has 0 unspecified atom stereocenters. The van der Waals surface area contributed by atoms with Gasteiger partial charge in [-0.3, -0.25) is 9.59 Å². The summed E-state index contributed by atoms with van der Waals surface area (Å²) in [4.78, 5) is 25.0. The number of hydrogen-bond acceptors (Lipinski definition) is 4. The molecule has 0 aliphatic carbocycles. The lowest BCUT2D eigenvalue weighted by Gasteiger charge is -2.12. The van der Waals surface area contributed by atoms with Gasteiger partial charge in [0, 0.05) is 5.69 Å². The van der Waals surface area contributed by atoms with Crippen LogP contribution >= 0.6 is 0 Å². The monoisotopic (exact) mass is 390 g/mol. The Balaban J connectivity index is 1.63. The summed E-state index contributed by atoms with van der Waals surface area (Å²) in [5, 5.41) is 5.58. The van der Waals surface area contributed by atoms with Gasteiger partial charge in [0.1, 0.15) is 11.5 Å². The topological polar surface area (TPSA) is 76.7 Å². The molecule has 6 heteroatoms. The van der Waals surface area contributed by atoms with Crippen molar-refractivity contribution in [1.29, 1.82) is 0 Å². The highest BCUT2D eigenvalue weighted by Crippen LogP contribution is 2.19. The zero-order chi connectivity index (χ0) is 20.6. The van der Waals surface area contributed by atoms with Gasteiger partial charge in [0.25, 0.3) is 11.8 Å². The first-order valence-electron chi connectivity index (χ1n) is 9.09. The maximum absolute atomic E-state index is 12.7. The Labute approximate surface area is 169 Å². The van der Waals surface area contributed by atoms with Crippen LogP contribution in [0.3, 0.4) is 0 Å². The van der Waals surface area contributed by atoms with E-state index in [0.717, 1.165) is 5.56 Å². The average Bonchev–Trinajstić information content (AvgIpc) is 2.73. The highest BCUT2D eigenvalue weighted by molar-refractivity contribution is 6.10. The van der Waals surface area contributed by atoms with E-state index in [4.69, 9.17) is 9.47 Å². The van der Waals surface area contributed by atoms with Crippen molar-refractivity contribution < 1.29 is 19.1 Å².